The van der Waals surface area contributed by atoms with Gasteiger partial charge in [0.2, 0.25) is 0 Å². The molecule has 166 valence electrons. The van der Waals surface area contributed by atoms with Gasteiger partial charge in [-0.05, 0) is 66.7 Å². The Morgan fingerprint density at radius 2 is 1.61 bits per heavy atom. The van der Waals surface area contributed by atoms with Gasteiger partial charge < -0.3 is 10.6 Å². The summed E-state index contributed by atoms with van der Waals surface area (Å²) in [5, 5.41) is 6.20. The summed E-state index contributed by atoms with van der Waals surface area (Å²) in [5.74, 6) is -3.00. The van der Waals surface area contributed by atoms with E-state index in [1.165, 1.54) is 16.8 Å². The predicted octanol–water partition coefficient (Wildman–Crippen LogP) is 5.16. The zero-order chi connectivity index (χ0) is 23.5. The van der Waals surface area contributed by atoms with E-state index in [2.05, 4.69) is 32.0 Å². The minimum absolute atomic E-state index is 0.0889. The predicted molar refractivity (Wildman–Crippen MR) is 128 cm³/mol. The molecule has 0 saturated heterocycles. The summed E-state index contributed by atoms with van der Waals surface area (Å²) in [4.78, 5) is 38.0. The van der Waals surface area contributed by atoms with Gasteiger partial charge in [-0.3, -0.25) is 19.8 Å². The van der Waals surface area contributed by atoms with Crippen LogP contribution in [0.3, 0.4) is 0 Å². The number of hydrogen-bond acceptors (Lipinski definition) is 3. The standard InChI is InChI=1S/C23H15BrClFN4O3/c24-14-4-9-19-13(10-14)11-20(21(31)28-18-3-1-2-15(25)12-18)30(19)29-23(33)22(32)27-17-7-5-16(26)6-8-17/h1-12H,(H,27,32)(H,28,31)(H,29,33). The summed E-state index contributed by atoms with van der Waals surface area (Å²) in [7, 11) is 0. The Labute approximate surface area is 200 Å². The smallest absolute Gasteiger partial charge is 0.321 e. The third-order valence-corrected chi connectivity index (χ3v) is 5.33. The van der Waals surface area contributed by atoms with E-state index in [9.17, 15) is 18.8 Å². The van der Waals surface area contributed by atoms with E-state index in [4.69, 9.17) is 11.6 Å². The van der Waals surface area contributed by atoms with Crippen molar-refractivity contribution >= 4 is 67.5 Å². The quantitative estimate of drug-likeness (QED) is 0.319. The highest BCUT2D eigenvalue weighted by molar-refractivity contribution is 9.10. The molecule has 3 aromatic carbocycles. The second kappa shape index (κ2) is 9.43. The van der Waals surface area contributed by atoms with E-state index in [1.807, 2.05) is 0 Å². The van der Waals surface area contributed by atoms with Gasteiger partial charge in [-0.1, -0.05) is 33.6 Å². The second-order valence-corrected chi connectivity index (χ2v) is 8.29. The molecule has 0 bridgehead atoms. The first-order valence-corrected chi connectivity index (χ1v) is 10.7. The van der Waals surface area contributed by atoms with E-state index < -0.39 is 23.5 Å². The first-order valence-electron chi connectivity index (χ1n) is 9.56. The first kappa shape index (κ1) is 22.5. The third-order valence-electron chi connectivity index (χ3n) is 4.60. The Hall–Kier alpha value is -3.69. The van der Waals surface area contributed by atoms with Crippen LogP contribution in [-0.4, -0.2) is 22.4 Å². The molecule has 0 saturated carbocycles. The van der Waals surface area contributed by atoms with Crippen molar-refractivity contribution in [2.24, 2.45) is 0 Å². The summed E-state index contributed by atoms with van der Waals surface area (Å²) in [5.41, 5.74) is 3.75. The summed E-state index contributed by atoms with van der Waals surface area (Å²) in [6.45, 7) is 0. The number of nitrogens with zero attached hydrogens (tertiary/aromatic N) is 1. The van der Waals surface area contributed by atoms with Crippen molar-refractivity contribution in [1.29, 1.82) is 0 Å². The molecule has 7 nitrogen and oxygen atoms in total. The van der Waals surface area contributed by atoms with Crippen molar-refractivity contribution in [3.63, 3.8) is 0 Å². The van der Waals surface area contributed by atoms with Crippen LogP contribution in [0.1, 0.15) is 10.5 Å². The first-order chi connectivity index (χ1) is 15.8. The second-order valence-electron chi connectivity index (χ2n) is 6.93. The van der Waals surface area contributed by atoms with Gasteiger partial charge in [-0.15, -0.1) is 0 Å². The summed E-state index contributed by atoms with van der Waals surface area (Å²) in [6.07, 6.45) is 0. The number of amides is 3. The number of carbonyl (C=O) groups excluding carboxylic acids is 3. The molecule has 4 aromatic rings. The number of fused-ring (bicyclic) bond motifs is 1. The van der Waals surface area contributed by atoms with Gasteiger partial charge >= 0.3 is 11.8 Å². The molecule has 1 aromatic heterocycles. The molecular weight excluding hydrogens is 515 g/mol. The highest BCUT2D eigenvalue weighted by Gasteiger charge is 2.21. The Kier molecular flexibility index (Phi) is 6.43. The SMILES string of the molecule is O=C(Nc1ccc(F)cc1)C(=O)Nn1c(C(=O)Nc2cccc(Cl)c2)cc2cc(Br)ccc21. The van der Waals surface area contributed by atoms with E-state index in [0.29, 0.717) is 21.6 Å². The van der Waals surface area contributed by atoms with Crippen LogP contribution in [0.2, 0.25) is 5.02 Å². The molecule has 0 aliphatic rings. The fourth-order valence-corrected chi connectivity index (χ4v) is 3.68. The van der Waals surface area contributed by atoms with Gasteiger partial charge in [0, 0.05) is 26.3 Å². The van der Waals surface area contributed by atoms with E-state index in [-0.39, 0.29) is 11.4 Å². The maximum Gasteiger partial charge on any atom is 0.328 e. The number of anilines is 2. The molecule has 1 heterocycles. The molecule has 3 amide bonds. The summed E-state index contributed by atoms with van der Waals surface area (Å²) >= 11 is 9.36. The van der Waals surface area contributed by atoms with Gasteiger partial charge in [0.05, 0.1) is 5.52 Å². The minimum atomic E-state index is -1.02. The number of halogens is 3. The van der Waals surface area contributed by atoms with E-state index >= 15 is 0 Å². The van der Waals surface area contributed by atoms with Gasteiger partial charge in [0.1, 0.15) is 11.5 Å². The van der Waals surface area contributed by atoms with Gasteiger partial charge in [0.15, 0.2) is 0 Å². The number of rotatable bonds is 4. The molecule has 0 spiro atoms. The van der Waals surface area contributed by atoms with Crippen LogP contribution in [0.5, 0.6) is 0 Å². The van der Waals surface area contributed by atoms with E-state index in [1.54, 1.807) is 48.5 Å². The van der Waals surface area contributed by atoms with Crippen LogP contribution >= 0.6 is 27.5 Å². The Morgan fingerprint density at radius 1 is 0.848 bits per heavy atom. The van der Waals surface area contributed by atoms with Crippen molar-refractivity contribution in [3.8, 4) is 0 Å². The van der Waals surface area contributed by atoms with Gasteiger partial charge in [-0.2, -0.15) is 0 Å². The number of hydrogen-bond donors (Lipinski definition) is 3. The molecule has 10 heteroatoms. The van der Waals surface area contributed by atoms with Crippen LogP contribution in [0.4, 0.5) is 15.8 Å². The average molecular weight is 530 g/mol. The minimum Gasteiger partial charge on any atom is -0.321 e. The fraction of sp³-hybridized carbons (Fsp3) is 0. The molecule has 4 rings (SSSR count). The zero-order valence-electron chi connectivity index (χ0n) is 16.7. The average Bonchev–Trinajstić information content (AvgIpc) is 3.12. The lowest BCUT2D eigenvalue weighted by atomic mass is 10.2. The van der Waals surface area contributed by atoms with E-state index in [0.717, 1.165) is 16.6 Å². The molecular formula is C23H15BrClFN4O3. The molecule has 0 aliphatic heterocycles. The number of benzene rings is 3. The van der Waals surface area contributed by atoms with Crippen LogP contribution in [0.25, 0.3) is 10.9 Å². The molecule has 33 heavy (non-hydrogen) atoms. The van der Waals surface area contributed by atoms with Crippen molar-refractivity contribution in [2.75, 3.05) is 16.1 Å². The lowest BCUT2D eigenvalue weighted by molar-refractivity contribution is -0.133. The number of aromatic nitrogens is 1. The number of nitrogens with one attached hydrogen (secondary N) is 3. The normalized spacial score (nSPS) is 10.6. The Balaban J connectivity index is 1.62. The van der Waals surface area contributed by atoms with Crippen LogP contribution < -0.4 is 16.1 Å². The maximum atomic E-state index is 13.1. The van der Waals surface area contributed by atoms with Gasteiger partial charge in [0.25, 0.3) is 5.91 Å². The molecule has 0 unspecified atom stereocenters. The highest BCUT2D eigenvalue weighted by atomic mass is 79.9. The number of carbonyl (C=O) groups is 3. The van der Waals surface area contributed by atoms with Crippen molar-refractivity contribution in [1.82, 2.24) is 4.68 Å². The molecule has 0 atom stereocenters. The molecule has 0 fully saturated rings. The van der Waals surface area contributed by atoms with Crippen molar-refractivity contribution < 1.29 is 18.8 Å². The lowest BCUT2D eigenvalue weighted by Gasteiger charge is -2.13. The monoisotopic (exact) mass is 528 g/mol. The van der Waals surface area contributed by atoms with Crippen molar-refractivity contribution in [2.45, 2.75) is 0 Å². The fourth-order valence-electron chi connectivity index (χ4n) is 3.11. The molecule has 3 N–H and O–H groups in total. The molecule has 0 aliphatic carbocycles. The highest BCUT2D eigenvalue weighted by Crippen LogP contribution is 2.24. The maximum absolute atomic E-state index is 13.1. The molecule has 0 radical (unpaired) electrons. The third kappa shape index (κ3) is 5.21. The van der Waals surface area contributed by atoms with Crippen molar-refractivity contribution in [3.05, 3.63) is 93.8 Å². The van der Waals surface area contributed by atoms with Crippen LogP contribution in [0.15, 0.2) is 77.3 Å². The van der Waals surface area contributed by atoms with Gasteiger partial charge in [-0.25, -0.2) is 9.07 Å². The Morgan fingerprint density at radius 3 is 2.33 bits per heavy atom. The zero-order valence-corrected chi connectivity index (χ0v) is 19.1. The summed E-state index contributed by atoms with van der Waals surface area (Å²) < 4.78 is 15.1. The Bertz CT molecular complexity index is 1390. The lowest BCUT2D eigenvalue weighted by Crippen LogP contribution is -2.36. The summed E-state index contributed by atoms with van der Waals surface area (Å²) in [6, 6.07) is 18.4. The van der Waals surface area contributed by atoms with Crippen LogP contribution in [0, 0.1) is 5.82 Å². The van der Waals surface area contributed by atoms with Crippen LogP contribution in [-0.2, 0) is 9.59 Å². The largest absolute Gasteiger partial charge is 0.328 e. The topological polar surface area (TPSA) is 92.2 Å².